The van der Waals surface area contributed by atoms with E-state index in [9.17, 15) is 14.9 Å². The summed E-state index contributed by atoms with van der Waals surface area (Å²) >= 11 is 5.81. The number of carbonyl (C=O) groups is 1. The van der Waals surface area contributed by atoms with Gasteiger partial charge in [0.2, 0.25) is 0 Å². The van der Waals surface area contributed by atoms with Gasteiger partial charge in [0.25, 0.3) is 5.69 Å². The highest BCUT2D eigenvalue weighted by molar-refractivity contribution is 6.31. The Labute approximate surface area is 96.0 Å². The number of halogens is 1. The van der Waals surface area contributed by atoms with Crippen LogP contribution in [0.5, 0.6) is 0 Å². The third-order valence-corrected chi connectivity index (χ3v) is 2.20. The first-order chi connectivity index (χ1) is 7.50. The summed E-state index contributed by atoms with van der Waals surface area (Å²) in [5.41, 5.74) is 0.425. The summed E-state index contributed by atoms with van der Waals surface area (Å²) in [5.74, 6) is -0.999. The number of non-ortho nitro benzene ring substituents is 1. The van der Waals surface area contributed by atoms with Crippen LogP contribution in [0, 0.1) is 10.1 Å². The predicted octanol–water partition coefficient (Wildman–Crippen LogP) is 1.42. The van der Waals surface area contributed by atoms with Crippen molar-refractivity contribution < 1.29 is 14.8 Å². The number of hydrogen-bond donors (Lipinski definition) is 2. The van der Waals surface area contributed by atoms with E-state index in [1.807, 2.05) is 0 Å². The zero-order valence-corrected chi connectivity index (χ0v) is 8.90. The van der Waals surface area contributed by atoms with Crippen LogP contribution in [0.4, 0.5) is 5.69 Å². The predicted molar refractivity (Wildman–Crippen MR) is 57.4 cm³/mol. The molecule has 2 N–H and O–H groups in total. The molecule has 0 radical (unpaired) electrons. The molecule has 0 unspecified atom stereocenters. The molecule has 0 fully saturated rings. The minimum atomic E-state index is -0.999. The average Bonchev–Trinajstić information content (AvgIpc) is 2.20. The number of nitro benzene ring substituents is 1. The van der Waals surface area contributed by atoms with E-state index >= 15 is 0 Å². The Kier molecular flexibility index (Phi) is 4.21. The van der Waals surface area contributed by atoms with E-state index in [0.29, 0.717) is 10.6 Å². The summed E-state index contributed by atoms with van der Waals surface area (Å²) in [5, 5.41) is 21.9. The maximum Gasteiger partial charge on any atom is 0.317 e. The lowest BCUT2D eigenvalue weighted by atomic mass is 10.2. The fourth-order valence-electron chi connectivity index (χ4n) is 1.11. The molecule has 6 nitrogen and oxygen atoms in total. The van der Waals surface area contributed by atoms with Crippen molar-refractivity contribution in [3.05, 3.63) is 38.9 Å². The minimum Gasteiger partial charge on any atom is -0.480 e. The molecule has 0 saturated carbocycles. The summed E-state index contributed by atoms with van der Waals surface area (Å²) in [6, 6.07) is 4.03. The first-order valence-electron chi connectivity index (χ1n) is 4.36. The molecular formula is C9H9ClN2O4. The Bertz CT molecular complexity index is 422. The number of aliphatic carboxylic acids is 1. The highest BCUT2D eigenvalue weighted by atomic mass is 35.5. The standard InChI is InChI=1S/C9H9ClN2O4/c10-8-2-1-7(12(15)16)3-6(8)4-11-5-9(13)14/h1-3,11H,4-5H2,(H,13,14). The van der Waals surface area contributed by atoms with Gasteiger partial charge in [-0.1, -0.05) is 11.6 Å². The number of nitrogens with zero attached hydrogens (tertiary/aromatic N) is 1. The fourth-order valence-corrected chi connectivity index (χ4v) is 1.30. The average molecular weight is 245 g/mol. The van der Waals surface area contributed by atoms with Gasteiger partial charge < -0.3 is 10.4 Å². The minimum absolute atomic E-state index is 0.0727. The lowest BCUT2D eigenvalue weighted by Gasteiger charge is -2.04. The van der Waals surface area contributed by atoms with Crippen molar-refractivity contribution in [1.29, 1.82) is 0 Å². The second-order valence-electron chi connectivity index (χ2n) is 3.03. The lowest BCUT2D eigenvalue weighted by Crippen LogP contribution is -2.22. The van der Waals surface area contributed by atoms with Gasteiger partial charge >= 0.3 is 5.97 Å². The van der Waals surface area contributed by atoms with Crippen LogP contribution in [0.1, 0.15) is 5.56 Å². The molecular weight excluding hydrogens is 236 g/mol. The third kappa shape index (κ3) is 3.48. The maximum atomic E-state index is 10.5. The van der Waals surface area contributed by atoms with Crippen molar-refractivity contribution in [2.75, 3.05) is 6.54 Å². The largest absolute Gasteiger partial charge is 0.480 e. The topological polar surface area (TPSA) is 92.5 Å². The van der Waals surface area contributed by atoms with Gasteiger partial charge in [-0.2, -0.15) is 0 Å². The Hall–Kier alpha value is -1.66. The van der Waals surface area contributed by atoms with E-state index in [-0.39, 0.29) is 18.8 Å². The molecule has 0 aromatic heterocycles. The van der Waals surface area contributed by atoms with E-state index in [2.05, 4.69) is 5.32 Å². The monoisotopic (exact) mass is 244 g/mol. The Morgan fingerprint density at radius 3 is 2.81 bits per heavy atom. The Morgan fingerprint density at radius 1 is 1.56 bits per heavy atom. The van der Waals surface area contributed by atoms with E-state index in [1.165, 1.54) is 18.2 Å². The molecule has 1 aromatic carbocycles. The Morgan fingerprint density at radius 2 is 2.25 bits per heavy atom. The molecule has 0 aliphatic rings. The number of hydrogen-bond acceptors (Lipinski definition) is 4. The zero-order valence-electron chi connectivity index (χ0n) is 8.14. The molecule has 0 amide bonds. The molecule has 0 bridgehead atoms. The van der Waals surface area contributed by atoms with Crippen molar-refractivity contribution in [3.63, 3.8) is 0 Å². The van der Waals surface area contributed by atoms with Gasteiger partial charge in [0.05, 0.1) is 11.5 Å². The smallest absolute Gasteiger partial charge is 0.317 e. The molecule has 0 atom stereocenters. The van der Waals surface area contributed by atoms with Crippen LogP contribution in [0.2, 0.25) is 5.02 Å². The van der Waals surface area contributed by atoms with Gasteiger partial charge in [-0.3, -0.25) is 14.9 Å². The van der Waals surface area contributed by atoms with Gasteiger partial charge in [0, 0.05) is 23.7 Å². The van der Waals surface area contributed by atoms with E-state index < -0.39 is 10.9 Å². The number of carboxylic acids is 1. The van der Waals surface area contributed by atoms with E-state index in [4.69, 9.17) is 16.7 Å². The van der Waals surface area contributed by atoms with Crippen LogP contribution in [0.15, 0.2) is 18.2 Å². The molecule has 1 rings (SSSR count). The SMILES string of the molecule is O=C(O)CNCc1cc([N+](=O)[O-])ccc1Cl. The molecule has 7 heteroatoms. The molecule has 16 heavy (non-hydrogen) atoms. The number of benzene rings is 1. The third-order valence-electron chi connectivity index (χ3n) is 1.83. The molecule has 0 spiro atoms. The summed E-state index contributed by atoms with van der Waals surface area (Å²) in [6.07, 6.45) is 0. The fraction of sp³-hybridized carbons (Fsp3) is 0.222. The van der Waals surface area contributed by atoms with Gasteiger partial charge in [-0.15, -0.1) is 0 Å². The summed E-state index contributed by atoms with van der Waals surface area (Å²) < 4.78 is 0. The quantitative estimate of drug-likeness (QED) is 0.604. The van der Waals surface area contributed by atoms with Gasteiger partial charge in [-0.05, 0) is 11.6 Å². The second-order valence-corrected chi connectivity index (χ2v) is 3.44. The summed E-state index contributed by atoms with van der Waals surface area (Å²) in [4.78, 5) is 20.2. The van der Waals surface area contributed by atoms with Gasteiger partial charge in [0.15, 0.2) is 0 Å². The van der Waals surface area contributed by atoms with Crippen LogP contribution in [-0.4, -0.2) is 22.5 Å². The first kappa shape index (κ1) is 12.4. The Balaban J connectivity index is 2.74. The second kappa shape index (κ2) is 5.43. The highest BCUT2D eigenvalue weighted by Crippen LogP contribution is 2.21. The molecule has 0 heterocycles. The molecule has 86 valence electrons. The van der Waals surface area contributed by atoms with Crippen LogP contribution in [0.25, 0.3) is 0 Å². The van der Waals surface area contributed by atoms with Crippen LogP contribution >= 0.6 is 11.6 Å². The van der Waals surface area contributed by atoms with Crippen LogP contribution in [-0.2, 0) is 11.3 Å². The number of nitro groups is 1. The van der Waals surface area contributed by atoms with Gasteiger partial charge in [0.1, 0.15) is 0 Å². The molecule has 1 aromatic rings. The lowest BCUT2D eigenvalue weighted by molar-refractivity contribution is -0.384. The van der Waals surface area contributed by atoms with Crippen molar-refractivity contribution in [2.24, 2.45) is 0 Å². The van der Waals surface area contributed by atoms with Crippen LogP contribution < -0.4 is 5.32 Å². The zero-order chi connectivity index (χ0) is 12.1. The van der Waals surface area contributed by atoms with E-state index in [0.717, 1.165) is 0 Å². The number of carboxylic acid groups (broad SMARTS) is 1. The normalized spacial score (nSPS) is 10.1. The van der Waals surface area contributed by atoms with Crippen molar-refractivity contribution in [1.82, 2.24) is 5.32 Å². The molecule has 0 aliphatic heterocycles. The highest BCUT2D eigenvalue weighted by Gasteiger charge is 2.09. The number of rotatable bonds is 5. The molecule has 0 aliphatic carbocycles. The summed E-state index contributed by atoms with van der Waals surface area (Å²) in [7, 11) is 0. The van der Waals surface area contributed by atoms with Crippen LogP contribution in [0.3, 0.4) is 0 Å². The van der Waals surface area contributed by atoms with Gasteiger partial charge in [-0.25, -0.2) is 0 Å². The maximum absolute atomic E-state index is 10.5. The van der Waals surface area contributed by atoms with E-state index in [1.54, 1.807) is 0 Å². The molecule has 0 saturated heterocycles. The van der Waals surface area contributed by atoms with Crippen molar-refractivity contribution >= 4 is 23.3 Å². The van der Waals surface area contributed by atoms with Crippen molar-refractivity contribution in [2.45, 2.75) is 6.54 Å². The summed E-state index contributed by atoms with van der Waals surface area (Å²) in [6.45, 7) is -0.0498. The number of nitrogens with one attached hydrogen (secondary N) is 1. The van der Waals surface area contributed by atoms with Crippen molar-refractivity contribution in [3.8, 4) is 0 Å². The first-order valence-corrected chi connectivity index (χ1v) is 4.74.